The van der Waals surface area contributed by atoms with Crippen molar-refractivity contribution in [2.24, 2.45) is 5.73 Å². The van der Waals surface area contributed by atoms with Crippen molar-refractivity contribution in [2.45, 2.75) is 33.4 Å². The van der Waals surface area contributed by atoms with Crippen LogP contribution in [0, 0.1) is 0 Å². The Balaban J connectivity index is 2.99. The molecular weight excluding hydrogens is 138 g/mol. The summed E-state index contributed by atoms with van der Waals surface area (Å²) in [4.78, 5) is 4.26. The topological polar surface area (TPSA) is 43.8 Å². The highest BCUT2D eigenvalue weighted by atomic mass is 15.1. The van der Waals surface area contributed by atoms with Gasteiger partial charge in [-0.15, -0.1) is 0 Å². The number of nitrogens with two attached hydrogens (primary N) is 1. The lowest BCUT2D eigenvalue weighted by Gasteiger charge is -2.05. The molecule has 0 atom stereocenters. The van der Waals surface area contributed by atoms with Crippen LogP contribution in [-0.4, -0.2) is 9.55 Å². The van der Waals surface area contributed by atoms with Crippen LogP contribution in [0.4, 0.5) is 0 Å². The van der Waals surface area contributed by atoms with Crippen molar-refractivity contribution in [3.63, 3.8) is 0 Å². The van der Waals surface area contributed by atoms with Gasteiger partial charge in [-0.25, -0.2) is 4.98 Å². The molecule has 0 aliphatic carbocycles. The molecular formula is C8H15N3. The minimum atomic E-state index is 0.584. The first-order valence-electron chi connectivity index (χ1n) is 4.06. The number of hydrogen-bond acceptors (Lipinski definition) is 2. The molecule has 0 fully saturated rings. The van der Waals surface area contributed by atoms with Crippen molar-refractivity contribution in [1.29, 1.82) is 0 Å². The lowest BCUT2D eigenvalue weighted by atomic mass is 10.4. The highest BCUT2D eigenvalue weighted by Gasteiger charge is 2.03. The smallest absolute Gasteiger partial charge is 0.108 e. The normalized spacial score (nSPS) is 10.5. The van der Waals surface area contributed by atoms with Gasteiger partial charge in [-0.3, -0.25) is 0 Å². The molecule has 0 aromatic carbocycles. The Bertz CT molecular complexity index is 206. The molecule has 62 valence electrons. The molecule has 3 nitrogen and oxygen atoms in total. The van der Waals surface area contributed by atoms with Gasteiger partial charge in [0.25, 0.3) is 0 Å². The molecule has 0 spiro atoms. The van der Waals surface area contributed by atoms with E-state index in [-0.39, 0.29) is 0 Å². The Labute approximate surface area is 67.2 Å². The van der Waals surface area contributed by atoms with Crippen LogP contribution >= 0.6 is 0 Å². The summed E-state index contributed by atoms with van der Waals surface area (Å²) in [5, 5.41) is 0. The Morgan fingerprint density at radius 3 is 2.73 bits per heavy atom. The maximum atomic E-state index is 5.53. The highest BCUT2D eigenvalue weighted by molar-refractivity contribution is 5.04. The molecule has 2 N–H and O–H groups in total. The summed E-state index contributed by atoms with van der Waals surface area (Å²) in [6, 6.07) is 0. The van der Waals surface area contributed by atoms with Crippen LogP contribution in [0.15, 0.2) is 6.20 Å². The lowest BCUT2D eigenvalue weighted by molar-refractivity contribution is 0.669. The van der Waals surface area contributed by atoms with Crippen LogP contribution in [0.2, 0.25) is 0 Å². The van der Waals surface area contributed by atoms with E-state index in [9.17, 15) is 0 Å². The second-order valence-corrected chi connectivity index (χ2v) is 2.47. The van der Waals surface area contributed by atoms with Gasteiger partial charge < -0.3 is 10.3 Å². The van der Waals surface area contributed by atoms with Gasteiger partial charge in [-0.2, -0.15) is 0 Å². The second kappa shape index (κ2) is 3.53. The highest BCUT2D eigenvalue weighted by Crippen LogP contribution is 2.04. The zero-order valence-corrected chi connectivity index (χ0v) is 7.17. The standard InChI is InChI=1S/C8H15N3/c1-3-8-10-6-7(5-9)11(8)4-2/h6H,3-5,9H2,1-2H3. The Morgan fingerprint density at radius 1 is 1.55 bits per heavy atom. The number of aromatic nitrogens is 2. The van der Waals surface area contributed by atoms with E-state index in [1.54, 1.807) is 0 Å². The zero-order valence-electron chi connectivity index (χ0n) is 7.17. The van der Waals surface area contributed by atoms with E-state index < -0.39 is 0 Å². The third kappa shape index (κ3) is 1.43. The summed E-state index contributed by atoms with van der Waals surface area (Å²) in [5.41, 5.74) is 6.66. The molecule has 0 unspecified atom stereocenters. The Morgan fingerprint density at radius 2 is 2.27 bits per heavy atom. The van der Waals surface area contributed by atoms with Crippen molar-refractivity contribution < 1.29 is 0 Å². The van der Waals surface area contributed by atoms with Crippen LogP contribution in [0.25, 0.3) is 0 Å². The number of hydrogen-bond donors (Lipinski definition) is 1. The van der Waals surface area contributed by atoms with Gasteiger partial charge in [0.15, 0.2) is 0 Å². The van der Waals surface area contributed by atoms with Gasteiger partial charge in [-0.1, -0.05) is 6.92 Å². The molecule has 0 saturated carbocycles. The molecule has 0 aliphatic heterocycles. The average Bonchev–Trinajstić information content (AvgIpc) is 2.45. The summed E-state index contributed by atoms with van der Waals surface area (Å²) in [7, 11) is 0. The van der Waals surface area contributed by atoms with Crippen LogP contribution in [0.5, 0.6) is 0 Å². The summed E-state index contributed by atoms with van der Waals surface area (Å²) < 4.78 is 2.17. The first-order valence-corrected chi connectivity index (χ1v) is 4.06. The van der Waals surface area contributed by atoms with Gasteiger partial charge in [0.1, 0.15) is 5.82 Å². The van der Waals surface area contributed by atoms with E-state index >= 15 is 0 Å². The maximum absolute atomic E-state index is 5.53. The second-order valence-electron chi connectivity index (χ2n) is 2.47. The molecule has 1 rings (SSSR count). The zero-order chi connectivity index (χ0) is 8.27. The molecule has 1 aromatic rings. The molecule has 0 saturated heterocycles. The number of aryl methyl sites for hydroxylation is 1. The van der Waals surface area contributed by atoms with Gasteiger partial charge in [-0.05, 0) is 6.92 Å². The van der Waals surface area contributed by atoms with Crippen LogP contribution in [-0.2, 0) is 19.5 Å². The quantitative estimate of drug-likeness (QED) is 0.702. The molecule has 0 amide bonds. The first-order chi connectivity index (χ1) is 5.33. The summed E-state index contributed by atoms with van der Waals surface area (Å²) >= 11 is 0. The molecule has 0 radical (unpaired) electrons. The van der Waals surface area contributed by atoms with Gasteiger partial charge in [0.05, 0.1) is 5.69 Å². The molecule has 11 heavy (non-hydrogen) atoms. The molecule has 1 heterocycles. The van der Waals surface area contributed by atoms with E-state index in [0.29, 0.717) is 6.54 Å². The van der Waals surface area contributed by atoms with Crippen LogP contribution < -0.4 is 5.73 Å². The fourth-order valence-corrected chi connectivity index (χ4v) is 1.28. The number of nitrogens with zero attached hydrogens (tertiary/aromatic N) is 2. The number of imidazole rings is 1. The van der Waals surface area contributed by atoms with Crippen molar-refractivity contribution in [1.82, 2.24) is 9.55 Å². The van der Waals surface area contributed by atoms with Crippen molar-refractivity contribution in [3.8, 4) is 0 Å². The third-order valence-electron chi connectivity index (χ3n) is 1.86. The SMILES string of the molecule is CCc1ncc(CN)n1CC. The van der Waals surface area contributed by atoms with E-state index in [1.807, 2.05) is 6.20 Å². The Kier molecular flexibility index (Phi) is 2.65. The van der Waals surface area contributed by atoms with Gasteiger partial charge in [0.2, 0.25) is 0 Å². The number of rotatable bonds is 3. The average molecular weight is 153 g/mol. The monoisotopic (exact) mass is 153 g/mol. The molecule has 0 aliphatic rings. The summed E-state index contributed by atoms with van der Waals surface area (Å²) in [5.74, 6) is 1.13. The van der Waals surface area contributed by atoms with Crippen LogP contribution in [0.3, 0.4) is 0 Å². The van der Waals surface area contributed by atoms with Gasteiger partial charge >= 0.3 is 0 Å². The van der Waals surface area contributed by atoms with Crippen molar-refractivity contribution in [2.75, 3.05) is 0 Å². The predicted molar refractivity (Wildman–Crippen MR) is 45.2 cm³/mol. The lowest BCUT2D eigenvalue weighted by Crippen LogP contribution is -2.08. The van der Waals surface area contributed by atoms with Gasteiger partial charge in [0, 0.05) is 25.7 Å². The largest absolute Gasteiger partial charge is 0.331 e. The molecule has 3 heteroatoms. The van der Waals surface area contributed by atoms with E-state index in [4.69, 9.17) is 5.73 Å². The Hall–Kier alpha value is -0.830. The van der Waals surface area contributed by atoms with Crippen molar-refractivity contribution in [3.05, 3.63) is 17.7 Å². The van der Waals surface area contributed by atoms with E-state index in [2.05, 4.69) is 23.4 Å². The first kappa shape index (κ1) is 8.27. The minimum absolute atomic E-state index is 0.584. The molecule has 1 aromatic heterocycles. The van der Waals surface area contributed by atoms with E-state index in [1.165, 1.54) is 0 Å². The van der Waals surface area contributed by atoms with Crippen LogP contribution in [0.1, 0.15) is 25.4 Å². The minimum Gasteiger partial charge on any atom is -0.331 e. The summed E-state index contributed by atoms with van der Waals surface area (Å²) in [6.07, 6.45) is 2.84. The van der Waals surface area contributed by atoms with E-state index in [0.717, 1.165) is 24.5 Å². The fraction of sp³-hybridized carbons (Fsp3) is 0.625. The molecule has 0 bridgehead atoms. The predicted octanol–water partition coefficient (Wildman–Crippen LogP) is 0.924. The third-order valence-corrected chi connectivity index (χ3v) is 1.86. The maximum Gasteiger partial charge on any atom is 0.108 e. The summed E-state index contributed by atoms with van der Waals surface area (Å²) in [6.45, 7) is 5.77. The fourth-order valence-electron chi connectivity index (χ4n) is 1.28. The van der Waals surface area contributed by atoms with Crippen molar-refractivity contribution >= 4 is 0 Å².